The first kappa shape index (κ1) is 39.8. The summed E-state index contributed by atoms with van der Waals surface area (Å²) < 4.78 is 93.2. The number of rotatable bonds is 6. The third-order valence-electron chi connectivity index (χ3n) is 11.9. The summed E-state index contributed by atoms with van der Waals surface area (Å²) in [5.41, 5.74) is 4.41. The number of para-hydroxylation sites is 2. The molecule has 11 aromatic rings. The Balaban J connectivity index is 1.24. The van der Waals surface area contributed by atoms with Crippen molar-refractivity contribution in [3.8, 4) is 56.7 Å². The van der Waals surface area contributed by atoms with Crippen molar-refractivity contribution < 1.29 is 26.3 Å². The molecule has 0 bridgehead atoms. The minimum Gasteiger partial charge on any atom is -0.309 e. The maximum Gasteiger partial charge on any atom is 0.417 e. The van der Waals surface area contributed by atoms with Gasteiger partial charge in [0.2, 0.25) is 0 Å². The highest BCUT2D eigenvalue weighted by atomic mass is 19.4. The molecule has 0 amide bonds. The summed E-state index contributed by atoms with van der Waals surface area (Å²) >= 11 is 0. The van der Waals surface area contributed by atoms with Crippen molar-refractivity contribution in [2.45, 2.75) is 19.3 Å². The molecule has 0 aliphatic rings. The highest BCUT2D eigenvalue weighted by Crippen LogP contribution is 2.45. The van der Waals surface area contributed by atoms with Crippen molar-refractivity contribution in [3.63, 3.8) is 0 Å². The molecule has 0 saturated heterocycles. The maximum atomic E-state index is 15.6. The number of benzene rings is 8. The number of hydrogen-bond acceptors (Lipinski definition) is 3. The van der Waals surface area contributed by atoms with Crippen molar-refractivity contribution in [3.05, 3.63) is 199 Å². The van der Waals surface area contributed by atoms with E-state index in [9.17, 15) is 13.2 Å². The zero-order chi connectivity index (χ0) is 44.6. The van der Waals surface area contributed by atoms with Gasteiger partial charge in [-0.1, -0.05) is 109 Å². The summed E-state index contributed by atoms with van der Waals surface area (Å²) in [6.07, 6.45) is -9.45. The number of aryl methyl sites for hydroxylation is 1. The molecular weight excluding hydrogens is 833 g/mol. The largest absolute Gasteiger partial charge is 0.417 e. The highest BCUT2D eigenvalue weighted by molar-refractivity contribution is 6.11. The second kappa shape index (κ2) is 15.0. The standard InChI is InChI=1S/C54H33F6N5/c1-32-20-25-47-41(28-32)38-16-8-10-18-45(38)64(47)37-23-24-44(54(58,59)60)40(31-37)42-29-35(52-62-50(33-12-4-2-5-13-33)61-51(63-52)34-14-6-3-7-15-34)21-26-48(42)65-46-19-11-9-17-39(46)43-30-36(53(55,56)57)22-27-49(43)65/h2-31H,1H3. The molecule has 0 N–H and O–H groups in total. The van der Waals surface area contributed by atoms with Gasteiger partial charge in [-0.2, -0.15) is 26.3 Å². The normalized spacial score (nSPS) is 12.2. The first-order valence-electron chi connectivity index (χ1n) is 20.7. The molecule has 0 saturated carbocycles. The molecular formula is C54H33F6N5. The van der Waals surface area contributed by atoms with Gasteiger partial charge in [0.15, 0.2) is 17.5 Å². The van der Waals surface area contributed by atoms with E-state index in [1.54, 1.807) is 53.1 Å². The van der Waals surface area contributed by atoms with Gasteiger partial charge in [-0.05, 0) is 91.3 Å². The van der Waals surface area contributed by atoms with Gasteiger partial charge >= 0.3 is 12.4 Å². The predicted octanol–water partition coefficient (Wildman–Crippen LogP) is 15.1. The molecule has 8 aromatic carbocycles. The summed E-state index contributed by atoms with van der Waals surface area (Å²) in [5.74, 6) is 0.940. The number of fused-ring (bicyclic) bond motifs is 6. The Bertz CT molecular complexity index is 3590. The average Bonchev–Trinajstić information content (AvgIpc) is 3.83. The zero-order valence-electron chi connectivity index (χ0n) is 34.3. The van der Waals surface area contributed by atoms with Crippen LogP contribution in [0.3, 0.4) is 0 Å². The van der Waals surface area contributed by atoms with Gasteiger partial charge < -0.3 is 9.13 Å². The maximum absolute atomic E-state index is 15.6. The fraction of sp³-hybridized carbons (Fsp3) is 0.0556. The quantitative estimate of drug-likeness (QED) is 0.156. The van der Waals surface area contributed by atoms with Crippen LogP contribution in [0.25, 0.3) is 100 Å². The van der Waals surface area contributed by atoms with Crippen molar-refractivity contribution in [1.29, 1.82) is 0 Å². The Hall–Kier alpha value is -8.05. The summed E-state index contributed by atoms with van der Waals surface area (Å²) in [7, 11) is 0. The van der Waals surface area contributed by atoms with E-state index in [0.717, 1.165) is 45.6 Å². The number of nitrogens with zero attached hydrogens (tertiary/aromatic N) is 5. The zero-order valence-corrected chi connectivity index (χ0v) is 34.3. The molecule has 0 aliphatic heterocycles. The Labute approximate surface area is 367 Å². The molecule has 3 heterocycles. The molecule has 0 spiro atoms. The Morgan fingerprint density at radius 1 is 0.385 bits per heavy atom. The lowest BCUT2D eigenvalue weighted by Crippen LogP contribution is -2.10. The number of halogens is 6. The van der Waals surface area contributed by atoms with Crippen molar-refractivity contribution in [2.24, 2.45) is 0 Å². The van der Waals surface area contributed by atoms with Gasteiger partial charge in [0.25, 0.3) is 0 Å². The van der Waals surface area contributed by atoms with Gasteiger partial charge in [-0.3, -0.25) is 0 Å². The molecule has 11 rings (SSSR count). The summed E-state index contributed by atoms with van der Waals surface area (Å²) in [6.45, 7) is 1.99. The predicted molar refractivity (Wildman–Crippen MR) is 245 cm³/mol. The first-order chi connectivity index (χ1) is 31.4. The van der Waals surface area contributed by atoms with E-state index in [1.165, 1.54) is 12.1 Å². The van der Waals surface area contributed by atoms with E-state index in [0.29, 0.717) is 61.5 Å². The fourth-order valence-corrected chi connectivity index (χ4v) is 8.94. The van der Waals surface area contributed by atoms with Crippen LogP contribution in [0.1, 0.15) is 16.7 Å². The smallest absolute Gasteiger partial charge is 0.309 e. The lowest BCUT2D eigenvalue weighted by atomic mass is 9.94. The topological polar surface area (TPSA) is 48.5 Å². The van der Waals surface area contributed by atoms with E-state index in [2.05, 4.69) is 6.07 Å². The van der Waals surface area contributed by atoms with Crippen molar-refractivity contribution >= 4 is 43.6 Å². The van der Waals surface area contributed by atoms with E-state index in [4.69, 9.17) is 15.0 Å². The lowest BCUT2D eigenvalue weighted by molar-refractivity contribution is -0.138. The number of aromatic nitrogens is 5. The third kappa shape index (κ3) is 6.87. The SMILES string of the molecule is Cc1ccc2c(c1)c1ccccc1n2-c1ccc(C(F)(F)F)c(-c2cc(-c3nc(-c4ccccc4)nc(-c4ccccc4)n3)ccc2-n2c3ccccc3c3cc(C(F)(F)F)ccc32)c1. The van der Waals surface area contributed by atoms with Gasteiger partial charge in [0.05, 0.1) is 38.9 Å². The van der Waals surface area contributed by atoms with Crippen LogP contribution in [-0.4, -0.2) is 24.1 Å². The fourth-order valence-electron chi connectivity index (χ4n) is 8.94. The van der Waals surface area contributed by atoms with Crippen molar-refractivity contribution in [2.75, 3.05) is 0 Å². The van der Waals surface area contributed by atoms with Crippen LogP contribution in [0.5, 0.6) is 0 Å². The van der Waals surface area contributed by atoms with Crippen LogP contribution in [0, 0.1) is 6.92 Å². The molecule has 0 unspecified atom stereocenters. The van der Waals surface area contributed by atoms with Crippen LogP contribution in [0.4, 0.5) is 26.3 Å². The van der Waals surface area contributed by atoms with E-state index >= 15 is 13.2 Å². The highest BCUT2D eigenvalue weighted by Gasteiger charge is 2.36. The molecule has 0 aliphatic carbocycles. The van der Waals surface area contributed by atoms with E-state index in [-0.39, 0.29) is 17.0 Å². The summed E-state index contributed by atoms with van der Waals surface area (Å²) in [5, 5.41) is 2.70. The van der Waals surface area contributed by atoms with Gasteiger partial charge in [-0.15, -0.1) is 0 Å². The number of alkyl halides is 6. The van der Waals surface area contributed by atoms with Crippen LogP contribution in [-0.2, 0) is 12.4 Å². The second-order valence-electron chi connectivity index (χ2n) is 16.0. The molecule has 0 atom stereocenters. The van der Waals surface area contributed by atoms with E-state index in [1.807, 2.05) is 109 Å². The summed E-state index contributed by atoms with van der Waals surface area (Å²) in [6, 6.07) is 52.0. The Morgan fingerprint density at radius 3 is 1.52 bits per heavy atom. The Kier molecular flexibility index (Phi) is 9.21. The van der Waals surface area contributed by atoms with Crippen LogP contribution >= 0.6 is 0 Å². The first-order valence-corrected chi connectivity index (χ1v) is 20.7. The van der Waals surface area contributed by atoms with Crippen molar-refractivity contribution in [1.82, 2.24) is 24.1 Å². The third-order valence-corrected chi connectivity index (χ3v) is 11.9. The Morgan fingerprint density at radius 2 is 0.908 bits per heavy atom. The summed E-state index contributed by atoms with van der Waals surface area (Å²) in [4.78, 5) is 14.6. The van der Waals surface area contributed by atoms with Gasteiger partial charge in [0, 0.05) is 49.5 Å². The monoisotopic (exact) mass is 865 g/mol. The molecule has 3 aromatic heterocycles. The van der Waals surface area contributed by atoms with Gasteiger partial charge in [-0.25, -0.2) is 15.0 Å². The van der Waals surface area contributed by atoms with Crippen LogP contribution in [0.15, 0.2) is 182 Å². The average molecular weight is 866 g/mol. The molecule has 0 fully saturated rings. The second-order valence-corrected chi connectivity index (χ2v) is 16.0. The van der Waals surface area contributed by atoms with Crippen LogP contribution < -0.4 is 0 Å². The lowest BCUT2D eigenvalue weighted by Gasteiger charge is -2.21. The molecule has 316 valence electrons. The van der Waals surface area contributed by atoms with Crippen LogP contribution in [0.2, 0.25) is 0 Å². The number of hydrogen-bond donors (Lipinski definition) is 0. The molecule has 11 heteroatoms. The van der Waals surface area contributed by atoms with E-state index < -0.39 is 23.5 Å². The minimum absolute atomic E-state index is 0.150. The molecule has 5 nitrogen and oxygen atoms in total. The molecule has 65 heavy (non-hydrogen) atoms. The minimum atomic E-state index is -4.82. The molecule has 0 radical (unpaired) electrons. The van der Waals surface area contributed by atoms with Gasteiger partial charge in [0.1, 0.15) is 0 Å².